The molecule has 17 heavy (non-hydrogen) atoms. The van der Waals surface area contributed by atoms with Gasteiger partial charge >= 0.3 is 11.9 Å². The molecule has 0 aliphatic heterocycles. The SMILES string of the molecule is CC[C@H](C)C(=O)O[C@@H](CC(=O)O)C[N+](C)(C)C. The van der Waals surface area contributed by atoms with Crippen molar-refractivity contribution < 1.29 is 23.9 Å². The lowest BCUT2D eigenvalue weighted by molar-refractivity contribution is -0.873. The third-order valence-corrected chi connectivity index (χ3v) is 2.45. The first-order valence-electron chi connectivity index (χ1n) is 5.88. The number of carbonyl (C=O) groups excluding carboxylic acids is 1. The van der Waals surface area contributed by atoms with Crippen LogP contribution in [0.3, 0.4) is 0 Å². The van der Waals surface area contributed by atoms with Crippen molar-refractivity contribution in [2.45, 2.75) is 32.8 Å². The van der Waals surface area contributed by atoms with E-state index in [0.717, 1.165) is 0 Å². The van der Waals surface area contributed by atoms with Crippen LogP contribution in [-0.2, 0) is 14.3 Å². The minimum absolute atomic E-state index is 0.141. The molecule has 5 nitrogen and oxygen atoms in total. The molecule has 2 atom stereocenters. The van der Waals surface area contributed by atoms with Crippen molar-refractivity contribution in [1.29, 1.82) is 0 Å². The van der Waals surface area contributed by atoms with Crippen LogP contribution >= 0.6 is 0 Å². The minimum Gasteiger partial charge on any atom is -0.481 e. The Morgan fingerprint density at radius 2 is 1.82 bits per heavy atom. The van der Waals surface area contributed by atoms with Crippen LogP contribution in [0.4, 0.5) is 0 Å². The highest BCUT2D eigenvalue weighted by molar-refractivity contribution is 5.73. The van der Waals surface area contributed by atoms with E-state index in [1.807, 2.05) is 28.1 Å². The van der Waals surface area contributed by atoms with Crippen LogP contribution in [0.5, 0.6) is 0 Å². The molecule has 0 aromatic carbocycles. The summed E-state index contributed by atoms with van der Waals surface area (Å²) in [7, 11) is 5.81. The molecule has 0 saturated carbocycles. The summed E-state index contributed by atoms with van der Waals surface area (Å²) in [5.41, 5.74) is 0. The molecular formula is C12H24NO4+. The van der Waals surface area contributed by atoms with E-state index < -0.39 is 12.1 Å². The number of carboxylic acids is 1. The Morgan fingerprint density at radius 1 is 1.29 bits per heavy atom. The summed E-state index contributed by atoms with van der Waals surface area (Å²) >= 11 is 0. The van der Waals surface area contributed by atoms with Crippen molar-refractivity contribution in [2.75, 3.05) is 27.7 Å². The fourth-order valence-electron chi connectivity index (χ4n) is 1.40. The lowest BCUT2D eigenvalue weighted by atomic mass is 10.1. The maximum Gasteiger partial charge on any atom is 0.309 e. The Hall–Kier alpha value is -1.10. The van der Waals surface area contributed by atoms with Crippen LogP contribution in [0.1, 0.15) is 26.7 Å². The number of ether oxygens (including phenoxy) is 1. The number of hydrogen-bond acceptors (Lipinski definition) is 3. The average Bonchev–Trinajstić information content (AvgIpc) is 2.12. The van der Waals surface area contributed by atoms with Crippen molar-refractivity contribution in [3.63, 3.8) is 0 Å². The number of hydrogen-bond donors (Lipinski definition) is 1. The van der Waals surface area contributed by atoms with Gasteiger partial charge in [-0.15, -0.1) is 0 Å². The molecule has 0 heterocycles. The van der Waals surface area contributed by atoms with E-state index in [1.165, 1.54) is 0 Å². The maximum absolute atomic E-state index is 11.6. The quantitative estimate of drug-likeness (QED) is 0.540. The molecule has 5 heteroatoms. The summed E-state index contributed by atoms with van der Waals surface area (Å²) in [5, 5.41) is 8.79. The highest BCUT2D eigenvalue weighted by Gasteiger charge is 2.26. The molecule has 0 rings (SSSR count). The van der Waals surface area contributed by atoms with E-state index in [9.17, 15) is 9.59 Å². The number of carbonyl (C=O) groups is 2. The van der Waals surface area contributed by atoms with Crippen LogP contribution in [-0.4, -0.2) is 55.3 Å². The molecule has 0 amide bonds. The smallest absolute Gasteiger partial charge is 0.309 e. The summed E-state index contributed by atoms with van der Waals surface area (Å²) in [4.78, 5) is 22.3. The predicted octanol–water partition coefficient (Wildman–Crippen LogP) is 1.13. The Balaban J connectivity index is 4.48. The summed E-state index contributed by atoms with van der Waals surface area (Å²) in [6.07, 6.45) is -0.00487. The first-order chi connectivity index (χ1) is 7.65. The molecule has 0 aliphatic rings. The number of aliphatic carboxylic acids is 1. The van der Waals surface area contributed by atoms with E-state index in [1.54, 1.807) is 6.92 Å². The molecule has 0 aromatic heterocycles. The van der Waals surface area contributed by atoms with Gasteiger partial charge in [-0.05, 0) is 6.42 Å². The van der Waals surface area contributed by atoms with Gasteiger partial charge < -0.3 is 14.3 Å². The van der Waals surface area contributed by atoms with E-state index in [0.29, 0.717) is 17.4 Å². The van der Waals surface area contributed by atoms with Gasteiger partial charge in [0.2, 0.25) is 0 Å². The van der Waals surface area contributed by atoms with Crippen LogP contribution in [0.15, 0.2) is 0 Å². The molecule has 0 radical (unpaired) electrons. The van der Waals surface area contributed by atoms with Crippen molar-refractivity contribution in [1.82, 2.24) is 0 Å². The third kappa shape index (κ3) is 7.74. The molecule has 0 spiro atoms. The Morgan fingerprint density at radius 3 is 2.18 bits per heavy atom. The molecule has 0 unspecified atom stereocenters. The van der Waals surface area contributed by atoms with Crippen LogP contribution in [0, 0.1) is 5.92 Å². The Kier molecular flexibility index (Phi) is 6.16. The van der Waals surface area contributed by atoms with Crippen molar-refractivity contribution >= 4 is 11.9 Å². The van der Waals surface area contributed by atoms with Gasteiger partial charge in [0.05, 0.1) is 33.5 Å². The van der Waals surface area contributed by atoms with Crippen LogP contribution in [0.2, 0.25) is 0 Å². The molecule has 0 aliphatic carbocycles. The van der Waals surface area contributed by atoms with E-state index >= 15 is 0 Å². The fourth-order valence-corrected chi connectivity index (χ4v) is 1.40. The molecule has 0 bridgehead atoms. The summed E-state index contributed by atoms with van der Waals surface area (Å²) in [6, 6.07) is 0. The topological polar surface area (TPSA) is 63.6 Å². The molecule has 0 aromatic rings. The van der Waals surface area contributed by atoms with Gasteiger partial charge in [0.1, 0.15) is 6.54 Å². The van der Waals surface area contributed by atoms with Crippen LogP contribution < -0.4 is 0 Å². The zero-order valence-corrected chi connectivity index (χ0v) is 11.4. The van der Waals surface area contributed by atoms with Gasteiger partial charge in [0.25, 0.3) is 0 Å². The molecular weight excluding hydrogens is 222 g/mol. The Bertz CT molecular complexity index is 270. The van der Waals surface area contributed by atoms with Gasteiger partial charge in [-0.25, -0.2) is 0 Å². The van der Waals surface area contributed by atoms with E-state index in [-0.39, 0.29) is 18.3 Å². The molecule has 0 fully saturated rings. The minimum atomic E-state index is -0.944. The first kappa shape index (κ1) is 15.9. The average molecular weight is 246 g/mol. The maximum atomic E-state index is 11.6. The molecule has 100 valence electrons. The summed E-state index contributed by atoms with van der Waals surface area (Å²) < 4.78 is 5.82. The third-order valence-electron chi connectivity index (χ3n) is 2.45. The van der Waals surface area contributed by atoms with Gasteiger partial charge in [-0.1, -0.05) is 13.8 Å². The molecule has 0 saturated heterocycles. The lowest BCUT2D eigenvalue weighted by Gasteiger charge is -2.28. The number of nitrogens with zero attached hydrogens (tertiary/aromatic N) is 1. The van der Waals surface area contributed by atoms with Crippen molar-refractivity contribution in [3.05, 3.63) is 0 Å². The lowest BCUT2D eigenvalue weighted by Crippen LogP contribution is -2.44. The second-order valence-electron chi connectivity index (χ2n) is 5.44. The summed E-state index contributed by atoms with van der Waals surface area (Å²) in [6.45, 7) is 4.18. The summed E-state index contributed by atoms with van der Waals surface area (Å²) in [5.74, 6) is -1.44. The van der Waals surface area contributed by atoms with Crippen LogP contribution in [0.25, 0.3) is 0 Å². The van der Waals surface area contributed by atoms with Crippen molar-refractivity contribution in [3.8, 4) is 0 Å². The van der Waals surface area contributed by atoms with Crippen molar-refractivity contribution in [2.24, 2.45) is 5.92 Å². The second kappa shape index (κ2) is 6.59. The Labute approximate surface area is 103 Å². The van der Waals surface area contributed by atoms with Gasteiger partial charge in [-0.3, -0.25) is 9.59 Å². The number of likely N-dealkylation sites (N-methyl/N-ethyl adjacent to an activating group) is 1. The fraction of sp³-hybridized carbons (Fsp3) is 0.833. The van der Waals surface area contributed by atoms with Gasteiger partial charge in [-0.2, -0.15) is 0 Å². The highest BCUT2D eigenvalue weighted by Crippen LogP contribution is 2.10. The largest absolute Gasteiger partial charge is 0.481 e. The standard InChI is InChI=1S/C12H23NO4/c1-6-9(2)12(16)17-10(7-11(14)15)8-13(3,4)5/h9-10H,6-8H2,1-5H3/p+1/t9-,10-/m0/s1. The number of rotatable bonds is 7. The van der Waals surface area contributed by atoms with E-state index in [4.69, 9.17) is 9.84 Å². The number of esters is 1. The normalized spacial score (nSPS) is 15.1. The van der Waals surface area contributed by atoms with Gasteiger partial charge in [0, 0.05) is 0 Å². The number of carboxylic acid groups (broad SMARTS) is 1. The first-order valence-corrected chi connectivity index (χ1v) is 5.88. The highest BCUT2D eigenvalue weighted by atomic mass is 16.5. The number of quaternary nitrogens is 1. The zero-order valence-electron chi connectivity index (χ0n) is 11.4. The molecule has 1 N–H and O–H groups in total. The van der Waals surface area contributed by atoms with E-state index in [2.05, 4.69) is 0 Å². The zero-order chi connectivity index (χ0) is 13.6. The van der Waals surface area contributed by atoms with Gasteiger partial charge in [0.15, 0.2) is 6.10 Å². The monoisotopic (exact) mass is 246 g/mol. The predicted molar refractivity (Wildman–Crippen MR) is 64.5 cm³/mol. The second-order valence-corrected chi connectivity index (χ2v) is 5.44.